The molecule has 0 aliphatic carbocycles. The highest BCUT2D eigenvalue weighted by Gasteiger charge is 2.07. The Bertz CT molecular complexity index is 431. The SMILES string of the molecule is CCCCCCCCCCCCCCCC(=O)OCC(O)CO.O=S(=O)(O)O. The first kappa shape index (κ1) is 29.5. The summed E-state index contributed by atoms with van der Waals surface area (Å²) in [5.41, 5.74) is 0. The van der Waals surface area contributed by atoms with Crippen molar-refractivity contribution in [2.75, 3.05) is 13.2 Å². The van der Waals surface area contributed by atoms with Crippen molar-refractivity contribution in [3.05, 3.63) is 0 Å². The third-order valence-corrected chi connectivity index (χ3v) is 4.13. The number of esters is 1. The van der Waals surface area contributed by atoms with Crippen molar-refractivity contribution >= 4 is 16.4 Å². The fraction of sp³-hybridized carbons (Fsp3) is 0.947. The highest BCUT2D eigenvalue weighted by atomic mass is 32.3. The number of carbonyl (C=O) groups is 1. The molecule has 0 rings (SSSR count). The van der Waals surface area contributed by atoms with Gasteiger partial charge in [-0.05, 0) is 6.42 Å². The van der Waals surface area contributed by atoms with E-state index in [0.717, 1.165) is 12.8 Å². The second kappa shape index (κ2) is 21.0. The first-order valence-electron chi connectivity index (χ1n) is 10.3. The maximum absolute atomic E-state index is 11.3. The third kappa shape index (κ3) is 32.9. The molecule has 1 unspecified atom stereocenters. The van der Waals surface area contributed by atoms with Gasteiger partial charge < -0.3 is 14.9 Å². The Morgan fingerprint density at radius 3 is 1.54 bits per heavy atom. The number of hydrogen-bond donors (Lipinski definition) is 4. The Morgan fingerprint density at radius 2 is 1.18 bits per heavy atom. The summed E-state index contributed by atoms with van der Waals surface area (Å²) in [6, 6.07) is 0. The van der Waals surface area contributed by atoms with E-state index in [0.29, 0.717) is 6.42 Å². The molecule has 9 heteroatoms. The van der Waals surface area contributed by atoms with Gasteiger partial charge >= 0.3 is 16.4 Å². The minimum absolute atomic E-state index is 0.103. The molecule has 8 nitrogen and oxygen atoms in total. The Kier molecular flexibility index (Phi) is 22.1. The van der Waals surface area contributed by atoms with Gasteiger partial charge in [-0.3, -0.25) is 13.9 Å². The summed E-state index contributed by atoms with van der Waals surface area (Å²) in [7, 11) is -4.67. The van der Waals surface area contributed by atoms with Crippen LogP contribution in [0.4, 0.5) is 0 Å². The summed E-state index contributed by atoms with van der Waals surface area (Å²) < 4.78 is 36.4. The van der Waals surface area contributed by atoms with Gasteiger partial charge in [-0.15, -0.1) is 0 Å². The lowest BCUT2D eigenvalue weighted by Crippen LogP contribution is -2.21. The van der Waals surface area contributed by atoms with Crippen molar-refractivity contribution in [3.8, 4) is 0 Å². The van der Waals surface area contributed by atoms with E-state index >= 15 is 0 Å². The summed E-state index contributed by atoms with van der Waals surface area (Å²) in [6.45, 7) is 1.78. The van der Waals surface area contributed by atoms with Gasteiger partial charge in [-0.1, -0.05) is 84.0 Å². The average Bonchev–Trinajstić information content (AvgIpc) is 2.62. The number of unbranched alkanes of at least 4 members (excludes halogenated alkanes) is 12. The van der Waals surface area contributed by atoms with E-state index in [-0.39, 0.29) is 19.2 Å². The van der Waals surface area contributed by atoms with Crippen LogP contribution in [0.3, 0.4) is 0 Å². The number of ether oxygens (including phenoxy) is 1. The van der Waals surface area contributed by atoms with Crippen molar-refractivity contribution in [1.29, 1.82) is 0 Å². The lowest BCUT2D eigenvalue weighted by atomic mass is 10.0. The number of rotatable bonds is 17. The molecule has 4 N–H and O–H groups in total. The van der Waals surface area contributed by atoms with E-state index in [1.165, 1.54) is 70.6 Å². The van der Waals surface area contributed by atoms with Crippen LogP contribution in [-0.2, 0) is 19.9 Å². The van der Waals surface area contributed by atoms with Crippen molar-refractivity contribution in [2.45, 2.75) is 103 Å². The van der Waals surface area contributed by atoms with Gasteiger partial charge in [0.05, 0.1) is 6.61 Å². The summed E-state index contributed by atoms with van der Waals surface area (Å²) >= 11 is 0. The van der Waals surface area contributed by atoms with Crippen LogP contribution in [0.2, 0.25) is 0 Å². The summed E-state index contributed by atoms with van der Waals surface area (Å²) in [5.74, 6) is -0.277. The number of hydrogen-bond acceptors (Lipinski definition) is 6. The number of aliphatic hydroxyl groups excluding tert-OH is 2. The van der Waals surface area contributed by atoms with E-state index in [1.54, 1.807) is 0 Å². The predicted molar refractivity (Wildman–Crippen MR) is 109 cm³/mol. The molecule has 0 heterocycles. The van der Waals surface area contributed by atoms with Crippen LogP contribution < -0.4 is 0 Å². The topological polar surface area (TPSA) is 141 Å². The van der Waals surface area contributed by atoms with Crippen LogP contribution in [0.1, 0.15) is 96.8 Å². The standard InChI is InChI=1S/C19H38O4.H2O4S/c1-2-3-4-5-6-7-8-9-10-11-12-13-14-15-19(22)23-17-18(21)16-20;1-5(2,3)4/h18,20-21H,2-17H2,1H3;(H2,1,2,3,4). The molecule has 0 aromatic heterocycles. The zero-order chi connectivity index (χ0) is 21.7. The summed E-state index contributed by atoms with van der Waals surface area (Å²) in [5, 5.41) is 17.7. The first-order valence-corrected chi connectivity index (χ1v) is 11.7. The monoisotopic (exact) mass is 428 g/mol. The van der Waals surface area contributed by atoms with Crippen LogP contribution in [-0.4, -0.2) is 53.0 Å². The lowest BCUT2D eigenvalue weighted by molar-refractivity contribution is -0.147. The molecule has 0 aliphatic rings. The molecule has 0 spiro atoms. The quantitative estimate of drug-likeness (QED) is 0.156. The van der Waals surface area contributed by atoms with Crippen LogP contribution in [0.25, 0.3) is 0 Å². The molecule has 0 aromatic carbocycles. The van der Waals surface area contributed by atoms with Gasteiger partial charge in [-0.2, -0.15) is 8.42 Å². The average molecular weight is 429 g/mol. The highest BCUT2D eigenvalue weighted by Crippen LogP contribution is 2.13. The van der Waals surface area contributed by atoms with Gasteiger partial charge in [0, 0.05) is 6.42 Å². The van der Waals surface area contributed by atoms with E-state index in [4.69, 9.17) is 32.5 Å². The minimum Gasteiger partial charge on any atom is -0.463 e. The van der Waals surface area contributed by atoms with Crippen LogP contribution in [0, 0.1) is 0 Å². The van der Waals surface area contributed by atoms with Crippen LogP contribution in [0.5, 0.6) is 0 Å². The van der Waals surface area contributed by atoms with Crippen LogP contribution >= 0.6 is 0 Å². The predicted octanol–water partition coefficient (Wildman–Crippen LogP) is 3.71. The molecule has 0 amide bonds. The molecular formula is C19H40O8S. The van der Waals surface area contributed by atoms with E-state index in [9.17, 15) is 4.79 Å². The second-order valence-corrected chi connectivity index (χ2v) is 7.86. The van der Waals surface area contributed by atoms with Gasteiger partial charge in [-0.25, -0.2) is 0 Å². The molecule has 0 radical (unpaired) electrons. The largest absolute Gasteiger partial charge is 0.463 e. The highest BCUT2D eigenvalue weighted by molar-refractivity contribution is 7.79. The van der Waals surface area contributed by atoms with Crippen molar-refractivity contribution in [1.82, 2.24) is 0 Å². The van der Waals surface area contributed by atoms with Crippen molar-refractivity contribution < 1.29 is 37.3 Å². The number of aliphatic hydroxyl groups is 2. The zero-order valence-electron chi connectivity index (χ0n) is 17.2. The summed E-state index contributed by atoms with van der Waals surface area (Å²) in [6.07, 6.45) is 16.1. The smallest absolute Gasteiger partial charge is 0.394 e. The van der Waals surface area contributed by atoms with E-state index in [1.807, 2.05) is 0 Å². The second-order valence-electron chi connectivity index (χ2n) is 6.96. The zero-order valence-corrected chi connectivity index (χ0v) is 18.0. The summed E-state index contributed by atoms with van der Waals surface area (Å²) in [4.78, 5) is 11.3. The van der Waals surface area contributed by atoms with Gasteiger partial charge in [0.15, 0.2) is 0 Å². The van der Waals surface area contributed by atoms with Crippen LogP contribution in [0.15, 0.2) is 0 Å². The maximum Gasteiger partial charge on any atom is 0.394 e. The molecule has 0 saturated heterocycles. The lowest BCUT2D eigenvalue weighted by Gasteiger charge is -2.08. The Hall–Kier alpha value is -0.740. The molecular weight excluding hydrogens is 388 g/mol. The maximum atomic E-state index is 11.3. The van der Waals surface area contributed by atoms with Crippen molar-refractivity contribution in [3.63, 3.8) is 0 Å². The molecule has 1 atom stereocenters. The Morgan fingerprint density at radius 1 is 0.821 bits per heavy atom. The fourth-order valence-corrected chi connectivity index (χ4v) is 2.60. The van der Waals surface area contributed by atoms with Crippen molar-refractivity contribution in [2.24, 2.45) is 0 Å². The Labute approximate surface area is 170 Å². The molecule has 0 fully saturated rings. The van der Waals surface area contributed by atoms with E-state index in [2.05, 4.69) is 6.92 Å². The molecule has 28 heavy (non-hydrogen) atoms. The minimum atomic E-state index is -4.67. The van der Waals surface area contributed by atoms with Gasteiger partial charge in [0.1, 0.15) is 12.7 Å². The molecule has 0 saturated carbocycles. The third-order valence-electron chi connectivity index (χ3n) is 4.13. The molecule has 170 valence electrons. The molecule has 0 bridgehead atoms. The normalized spacial score (nSPS) is 12.2. The first-order chi connectivity index (χ1) is 13.2. The Balaban J connectivity index is 0. The fourth-order valence-electron chi connectivity index (χ4n) is 2.60. The molecule has 0 aliphatic heterocycles. The number of carbonyl (C=O) groups excluding carboxylic acids is 1. The molecule has 0 aromatic rings. The van der Waals surface area contributed by atoms with E-state index < -0.39 is 16.5 Å². The van der Waals surface area contributed by atoms with Gasteiger partial charge in [0.25, 0.3) is 0 Å². The van der Waals surface area contributed by atoms with Gasteiger partial charge in [0.2, 0.25) is 0 Å².